The SMILES string of the molecule is CCCCCNS(=O)(=O)c1cccnc1. The molecular formula is C10H16N2O2S. The fourth-order valence-corrected chi connectivity index (χ4v) is 2.21. The van der Waals surface area contributed by atoms with Crippen molar-refractivity contribution in [2.24, 2.45) is 0 Å². The molecule has 1 heterocycles. The third-order valence-electron chi connectivity index (χ3n) is 2.02. The molecule has 0 aliphatic carbocycles. The Labute approximate surface area is 90.8 Å². The van der Waals surface area contributed by atoms with Gasteiger partial charge in [0.15, 0.2) is 0 Å². The van der Waals surface area contributed by atoms with Crippen LogP contribution in [0.5, 0.6) is 0 Å². The summed E-state index contributed by atoms with van der Waals surface area (Å²) in [6, 6.07) is 3.15. The number of hydrogen-bond acceptors (Lipinski definition) is 3. The van der Waals surface area contributed by atoms with Gasteiger partial charge in [0.05, 0.1) is 0 Å². The highest BCUT2D eigenvalue weighted by molar-refractivity contribution is 7.89. The molecule has 0 atom stereocenters. The molecule has 0 aliphatic rings. The van der Waals surface area contributed by atoms with Gasteiger partial charge >= 0.3 is 0 Å². The van der Waals surface area contributed by atoms with Gasteiger partial charge in [-0.1, -0.05) is 19.8 Å². The second-order valence-corrected chi connectivity index (χ2v) is 5.06. The highest BCUT2D eigenvalue weighted by atomic mass is 32.2. The lowest BCUT2D eigenvalue weighted by Crippen LogP contribution is -2.24. The summed E-state index contributed by atoms with van der Waals surface area (Å²) in [5.41, 5.74) is 0. The van der Waals surface area contributed by atoms with Gasteiger partial charge in [-0.15, -0.1) is 0 Å². The van der Waals surface area contributed by atoms with Crippen LogP contribution in [-0.4, -0.2) is 19.9 Å². The van der Waals surface area contributed by atoms with Crippen LogP contribution in [0.4, 0.5) is 0 Å². The van der Waals surface area contributed by atoms with E-state index in [1.807, 2.05) is 0 Å². The average molecular weight is 228 g/mol. The fourth-order valence-electron chi connectivity index (χ4n) is 1.17. The maximum atomic E-state index is 11.6. The molecule has 0 spiro atoms. The highest BCUT2D eigenvalue weighted by Crippen LogP contribution is 2.05. The van der Waals surface area contributed by atoms with Gasteiger partial charge in [0, 0.05) is 18.9 Å². The van der Waals surface area contributed by atoms with Crippen molar-refractivity contribution in [3.8, 4) is 0 Å². The van der Waals surface area contributed by atoms with Crippen molar-refractivity contribution >= 4 is 10.0 Å². The molecule has 0 bridgehead atoms. The molecule has 4 nitrogen and oxygen atoms in total. The van der Waals surface area contributed by atoms with Gasteiger partial charge in [-0.3, -0.25) is 4.98 Å². The monoisotopic (exact) mass is 228 g/mol. The Morgan fingerprint density at radius 1 is 1.40 bits per heavy atom. The van der Waals surface area contributed by atoms with Crippen molar-refractivity contribution in [1.82, 2.24) is 9.71 Å². The Kier molecular flexibility index (Phi) is 4.71. The Morgan fingerprint density at radius 3 is 2.80 bits per heavy atom. The smallest absolute Gasteiger partial charge is 0.242 e. The quantitative estimate of drug-likeness (QED) is 0.751. The first kappa shape index (κ1) is 12.1. The van der Waals surface area contributed by atoms with Crippen LogP contribution in [0.1, 0.15) is 26.2 Å². The standard InChI is InChI=1S/C10H16N2O2S/c1-2-3-4-8-12-15(13,14)10-6-5-7-11-9-10/h5-7,9,12H,2-4,8H2,1H3. The lowest BCUT2D eigenvalue weighted by molar-refractivity contribution is 0.575. The van der Waals surface area contributed by atoms with Crippen LogP contribution in [0, 0.1) is 0 Å². The normalized spacial score (nSPS) is 11.5. The van der Waals surface area contributed by atoms with E-state index < -0.39 is 10.0 Å². The van der Waals surface area contributed by atoms with Gasteiger partial charge in [0.2, 0.25) is 10.0 Å². The highest BCUT2D eigenvalue weighted by Gasteiger charge is 2.12. The Balaban J connectivity index is 2.53. The largest absolute Gasteiger partial charge is 0.263 e. The minimum Gasteiger partial charge on any atom is -0.263 e. The van der Waals surface area contributed by atoms with Crippen molar-refractivity contribution in [2.75, 3.05) is 6.54 Å². The summed E-state index contributed by atoms with van der Waals surface area (Å²) in [4.78, 5) is 4.00. The molecule has 0 saturated heterocycles. The number of nitrogens with one attached hydrogen (secondary N) is 1. The van der Waals surface area contributed by atoms with E-state index in [0.29, 0.717) is 6.54 Å². The van der Waals surface area contributed by atoms with Crippen LogP contribution in [0.15, 0.2) is 29.4 Å². The van der Waals surface area contributed by atoms with Gasteiger partial charge in [0.25, 0.3) is 0 Å². The molecule has 15 heavy (non-hydrogen) atoms. The van der Waals surface area contributed by atoms with E-state index >= 15 is 0 Å². The predicted molar refractivity (Wildman–Crippen MR) is 59.0 cm³/mol. The van der Waals surface area contributed by atoms with Gasteiger partial charge in [0.1, 0.15) is 4.90 Å². The van der Waals surface area contributed by atoms with E-state index in [9.17, 15) is 8.42 Å². The number of pyridine rings is 1. The number of nitrogens with zero attached hydrogens (tertiary/aromatic N) is 1. The second-order valence-electron chi connectivity index (χ2n) is 3.29. The molecule has 0 radical (unpaired) electrons. The van der Waals surface area contributed by atoms with Crippen LogP contribution >= 0.6 is 0 Å². The molecule has 0 aromatic carbocycles. The number of sulfonamides is 1. The molecule has 84 valence electrons. The number of unbranched alkanes of at least 4 members (excludes halogenated alkanes) is 2. The summed E-state index contributed by atoms with van der Waals surface area (Å²) >= 11 is 0. The molecule has 1 aromatic rings. The van der Waals surface area contributed by atoms with Gasteiger partial charge in [-0.2, -0.15) is 0 Å². The molecule has 0 saturated carbocycles. The van der Waals surface area contributed by atoms with Gasteiger partial charge in [-0.05, 0) is 18.6 Å². The zero-order valence-corrected chi connectivity index (χ0v) is 9.63. The van der Waals surface area contributed by atoms with E-state index in [0.717, 1.165) is 19.3 Å². The first-order chi connectivity index (χ1) is 7.17. The fraction of sp³-hybridized carbons (Fsp3) is 0.500. The van der Waals surface area contributed by atoms with Crippen LogP contribution < -0.4 is 4.72 Å². The molecule has 1 N–H and O–H groups in total. The van der Waals surface area contributed by atoms with Gasteiger partial charge in [-0.25, -0.2) is 13.1 Å². The van der Waals surface area contributed by atoms with Crippen molar-refractivity contribution in [2.45, 2.75) is 31.1 Å². The minimum absolute atomic E-state index is 0.224. The number of aromatic nitrogens is 1. The third-order valence-corrected chi connectivity index (χ3v) is 3.46. The Bertz CT molecular complexity index is 376. The first-order valence-corrected chi connectivity index (χ1v) is 6.55. The number of hydrogen-bond donors (Lipinski definition) is 1. The number of rotatable bonds is 6. The van der Waals surface area contributed by atoms with Crippen LogP contribution in [0.2, 0.25) is 0 Å². The zero-order chi connectivity index (χ0) is 11.1. The summed E-state index contributed by atoms with van der Waals surface area (Å²) in [6.45, 7) is 2.57. The summed E-state index contributed by atoms with van der Waals surface area (Å²) in [5.74, 6) is 0. The van der Waals surface area contributed by atoms with Crippen molar-refractivity contribution in [1.29, 1.82) is 0 Å². The zero-order valence-electron chi connectivity index (χ0n) is 8.81. The third kappa shape index (κ3) is 3.97. The van der Waals surface area contributed by atoms with E-state index in [4.69, 9.17) is 0 Å². The molecular weight excluding hydrogens is 212 g/mol. The second kappa shape index (κ2) is 5.82. The summed E-state index contributed by atoms with van der Waals surface area (Å²) in [6.07, 6.45) is 5.89. The Morgan fingerprint density at radius 2 is 2.20 bits per heavy atom. The first-order valence-electron chi connectivity index (χ1n) is 5.06. The van der Waals surface area contributed by atoms with Crippen LogP contribution in [0.3, 0.4) is 0 Å². The van der Waals surface area contributed by atoms with E-state index in [1.54, 1.807) is 12.3 Å². The average Bonchev–Trinajstić information content (AvgIpc) is 2.26. The summed E-state index contributed by atoms with van der Waals surface area (Å²) in [5, 5.41) is 0. The van der Waals surface area contributed by atoms with Crippen LogP contribution in [-0.2, 0) is 10.0 Å². The van der Waals surface area contributed by atoms with E-state index in [2.05, 4.69) is 16.6 Å². The molecule has 1 rings (SSSR count). The lowest BCUT2D eigenvalue weighted by Gasteiger charge is -2.05. The molecule has 5 heteroatoms. The topological polar surface area (TPSA) is 59.1 Å². The van der Waals surface area contributed by atoms with Crippen molar-refractivity contribution in [3.63, 3.8) is 0 Å². The minimum atomic E-state index is -3.35. The molecule has 0 fully saturated rings. The summed E-state index contributed by atoms with van der Waals surface area (Å²) < 4.78 is 25.8. The van der Waals surface area contributed by atoms with Crippen LogP contribution in [0.25, 0.3) is 0 Å². The molecule has 1 aromatic heterocycles. The van der Waals surface area contributed by atoms with Crippen molar-refractivity contribution in [3.05, 3.63) is 24.5 Å². The Hall–Kier alpha value is -0.940. The maximum Gasteiger partial charge on any atom is 0.242 e. The van der Waals surface area contributed by atoms with Gasteiger partial charge < -0.3 is 0 Å². The van der Waals surface area contributed by atoms with E-state index in [-0.39, 0.29) is 4.90 Å². The summed E-state index contributed by atoms with van der Waals surface area (Å²) in [7, 11) is -3.35. The lowest BCUT2D eigenvalue weighted by atomic mass is 10.3. The molecule has 0 aliphatic heterocycles. The maximum absolute atomic E-state index is 11.6. The van der Waals surface area contributed by atoms with E-state index in [1.165, 1.54) is 12.3 Å². The predicted octanol–water partition coefficient (Wildman–Crippen LogP) is 1.55. The molecule has 0 unspecified atom stereocenters. The van der Waals surface area contributed by atoms with Crippen molar-refractivity contribution < 1.29 is 8.42 Å². The molecule has 0 amide bonds.